The fourth-order valence-electron chi connectivity index (χ4n) is 5.77. The topological polar surface area (TPSA) is 54.9 Å². The number of fused-ring (bicyclic) bond motifs is 6. The number of rotatable bonds is 2. The first kappa shape index (κ1) is 24.2. The fraction of sp³-hybridized carbons (Fsp3) is 0.226. The highest BCUT2D eigenvalue weighted by atomic mass is 19.1. The molecule has 0 fully saturated rings. The quantitative estimate of drug-likeness (QED) is 0.269. The number of nitrogens with one attached hydrogen (secondary N) is 1. The molecule has 0 aliphatic heterocycles. The number of H-pyrrole nitrogens is 1. The predicted octanol–water partition coefficient (Wildman–Crippen LogP) is 7.31. The molecule has 5 aromatic rings. The first-order valence-electron chi connectivity index (χ1n) is 12.8. The lowest BCUT2D eigenvalue weighted by Crippen LogP contribution is -2.14. The number of carbonyl (C=O) groups excluding carboxylic acids is 2. The molecule has 0 bridgehead atoms. The molecular formula is C31H25F3N2O2. The lowest BCUT2D eigenvalue weighted by atomic mass is 9.94. The van der Waals surface area contributed by atoms with Crippen LogP contribution in [0, 0.1) is 17.5 Å². The number of hydrogen-bond acceptors (Lipinski definition) is 2. The van der Waals surface area contributed by atoms with E-state index in [-0.39, 0.29) is 29.0 Å². The second-order valence-corrected chi connectivity index (χ2v) is 9.86. The minimum Gasteiger partial charge on any atom is -0.355 e. The van der Waals surface area contributed by atoms with E-state index in [0.29, 0.717) is 46.9 Å². The van der Waals surface area contributed by atoms with Gasteiger partial charge in [0.2, 0.25) is 0 Å². The Kier molecular flexibility index (Phi) is 6.14. The second-order valence-electron chi connectivity index (χ2n) is 9.86. The van der Waals surface area contributed by atoms with E-state index in [0.717, 1.165) is 48.0 Å². The van der Waals surface area contributed by atoms with Gasteiger partial charge in [-0.15, -0.1) is 0 Å². The Morgan fingerprint density at radius 3 is 2.13 bits per heavy atom. The number of aryl methyl sites for hydroxylation is 1. The van der Waals surface area contributed by atoms with Gasteiger partial charge in [-0.3, -0.25) is 9.59 Å². The van der Waals surface area contributed by atoms with Crippen molar-refractivity contribution in [1.29, 1.82) is 0 Å². The Morgan fingerprint density at radius 2 is 1.37 bits per heavy atom. The van der Waals surface area contributed by atoms with Crippen LogP contribution < -0.4 is 0 Å². The van der Waals surface area contributed by atoms with Gasteiger partial charge in [0, 0.05) is 52.7 Å². The van der Waals surface area contributed by atoms with Crippen LogP contribution in [0.3, 0.4) is 0 Å². The number of benzene rings is 3. The molecule has 0 amide bonds. The summed E-state index contributed by atoms with van der Waals surface area (Å²) in [6, 6.07) is 15.9. The SMILES string of the molecule is O=C1CCCc2[nH]c3c(F)cccc3c21.O=C1CCCc2c1c1cccc(F)c1n2Cc1ccc(F)cc1. The maximum atomic E-state index is 14.4. The normalized spacial score (nSPS) is 14.8. The fourth-order valence-corrected chi connectivity index (χ4v) is 5.77. The molecule has 192 valence electrons. The maximum Gasteiger partial charge on any atom is 0.165 e. The summed E-state index contributed by atoms with van der Waals surface area (Å²) in [7, 11) is 0. The van der Waals surface area contributed by atoms with E-state index in [2.05, 4.69) is 4.98 Å². The molecule has 38 heavy (non-hydrogen) atoms. The van der Waals surface area contributed by atoms with Gasteiger partial charge in [0.25, 0.3) is 0 Å². The summed E-state index contributed by atoms with van der Waals surface area (Å²) in [6.45, 7) is 0.431. The van der Waals surface area contributed by atoms with Crippen LogP contribution in [0.2, 0.25) is 0 Å². The van der Waals surface area contributed by atoms with Gasteiger partial charge in [0.1, 0.15) is 17.5 Å². The Balaban J connectivity index is 0.000000152. The Hall–Kier alpha value is -4.13. The van der Waals surface area contributed by atoms with Crippen molar-refractivity contribution in [3.05, 3.63) is 106 Å². The monoisotopic (exact) mass is 514 g/mol. The standard InChI is InChI=1S/C19H15F2NO.C12H10FNO/c20-13-9-7-12(8-10-13)11-22-16-5-2-6-17(23)18(16)14-3-1-4-15(21)19(14)22;13-8-4-1-3-7-11-9(14-12(7)8)5-2-6-10(11)15/h1,3-4,7-10H,2,5-6,11H2;1,3-4,14H,2,5-6H2. The molecule has 2 aromatic heterocycles. The van der Waals surface area contributed by atoms with Gasteiger partial charge in [-0.05, 0) is 55.5 Å². The highest BCUT2D eigenvalue weighted by molar-refractivity contribution is 6.11. The van der Waals surface area contributed by atoms with E-state index in [1.165, 1.54) is 24.3 Å². The third kappa shape index (κ3) is 4.12. The van der Waals surface area contributed by atoms with Crippen molar-refractivity contribution in [3.8, 4) is 0 Å². The van der Waals surface area contributed by atoms with Gasteiger partial charge in [-0.25, -0.2) is 13.2 Å². The molecule has 7 heteroatoms. The van der Waals surface area contributed by atoms with Gasteiger partial charge < -0.3 is 9.55 Å². The van der Waals surface area contributed by atoms with E-state index in [4.69, 9.17) is 0 Å². The summed E-state index contributed by atoms with van der Waals surface area (Å²) in [4.78, 5) is 27.1. The lowest BCUT2D eigenvalue weighted by Gasteiger charge is -2.15. The van der Waals surface area contributed by atoms with Crippen molar-refractivity contribution in [2.75, 3.05) is 0 Å². The average molecular weight is 515 g/mol. The molecule has 3 aromatic carbocycles. The summed E-state index contributed by atoms with van der Waals surface area (Å²) in [5.74, 6) is -0.691. The number of nitrogens with zero attached hydrogens (tertiary/aromatic N) is 1. The molecule has 2 heterocycles. The summed E-state index contributed by atoms with van der Waals surface area (Å²) >= 11 is 0. The zero-order valence-corrected chi connectivity index (χ0v) is 20.6. The number of halogens is 3. The second kappa shape index (κ2) is 9.63. The van der Waals surface area contributed by atoms with Gasteiger partial charge >= 0.3 is 0 Å². The van der Waals surface area contributed by atoms with Crippen molar-refractivity contribution in [1.82, 2.24) is 9.55 Å². The first-order chi connectivity index (χ1) is 18.4. The van der Waals surface area contributed by atoms with Crippen LogP contribution in [0.15, 0.2) is 60.7 Å². The van der Waals surface area contributed by atoms with Crippen molar-refractivity contribution in [3.63, 3.8) is 0 Å². The van der Waals surface area contributed by atoms with Gasteiger partial charge in [-0.2, -0.15) is 0 Å². The van der Waals surface area contributed by atoms with E-state index < -0.39 is 0 Å². The number of hydrogen-bond donors (Lipinski definition) is 1. The summed E-state index contributed by atoms with van der Waals surface area (Å²) < 4.78 is 42.9. The summed E-state index contributed by atoms with van der Waals surface area (Å²) in [5, 5.41) is 1.42. The molecule has 2 aliphatic rings. The molecule has 0 spiro atoms. The Bertz CT molecular complexity index is 1710. The molecule has 0 radical (unpaired) electrons. The van der Waals surface area contributed by atoms with Crippen LogP contribution in [0.1, 0.15) is 63.4 Å². The van der Waals surface area contributed by atoms with E-state index >= 15 is 0 Å². The molecule has 0 saturated heterocycles. The smallest absolute Gasteiger partial charge is 0.165 e. The number of aromatic amines is 1. The Morgan fingerprint density at radius 1 is 0.711 bits per heavy atom. The minimum absolute atomic E-state index is 0.0831. The van der Waals surface area contributed by atoms with Crippen LogP contribution in [-0.2, 0) is 19.4 Å². The molecule has 0 saturated carbocycles. The first-order valence-corrected chi connectivity index (χ1v) is 12.8. The lowest BCUT2D eigenvalue weighted by molar-refractivity contribution is 0.0965. The maximum absolute atomic E-state index is 14.4. The van der Waals surface area contributed by atoms with Crippen LogP contribution >= 0.6 is 0 Å². The third-order valence-corrected chi connectivity index (χ3v) is 7.46. The summed E-state index contributed by atoms with van der Waals surface area (Å²) in [5.41, 5.74) is 4.97. The van der Waals surface area contributed by atoms with Crippen LogP contribution in [0.4, 0.5) is 13.2 Å². The largest absolute Gasteiger partial charge is 0.355 e. The van der Waals surface area contributed by atoms with Crippen molar-refractivity contribution in [2.24, 2.45) is 0 Å². The van der Waals surface area contributed by atoms with Gasteiger partial charge in [0.05, 0.1) is 11.0 Å². The number of carbonyl (C=O) groups is 2. The highest BCUT2D eigenvalue weighted by Gasteiger charge is 2.27. The van der Waals surface area contributed by atoms with Crippen molar-refractivity contribution >= 4 is 33.4 Å². The molecule has 1 N–H and O–H groups in total. The zero-order valence-electron chi connectivity index (χ0n) is 20.6. The van der Waals surface area contributed by atoms with Crippen LogP contribution in [-0.4, -0.2) is 21.1 Å². The Labute approximate surface area is 217 Å². The number of Topliss-reactive ketones (excluding diaryl/α,β-unsaturated/α-hetero) is 2. The number of ketones is 2. The highest BCUT2D eigenvalue weighted by Crippen LogP contribution is 2.34. The summed E-state index contributed by atoms with van der Waals surface area (Å²) in [6.07, 6.45) is 4.34. The molecule has 0 unspecified atom stereocenters. The minimum atomic E-state index is -0.327. The molecule has 0 atom stereocenters. The van der Waals surface area contributed by atoms with Crippen LogP contribution in [0.5, 0.6) is 0 Å². The number of para-hydroxylation sites is 2. The van der Waals surface area contributed by atoms with Crippen LogP contribution in [0.25, 0.3) is 21.8 Å². The van der Waals surface area contributed by atoms with Crippen molar-refractivity contribution < 1.29 is 22.8 Å². The van der Waals surface area contributed by atoms with E-state index in [1.54, 1.807) is 30.3 Å². The molecule has 2 aliphatic carbocycles. The van der Waals surface area contributed by atoms with Gasteiger partial charge in [0.15, 0.2) is 11.6 Å². The third-order valence-electron chi connectivity index (χ3n) is 7.46. The zero-order chi connectivity index (χ0) is 26.4. The molecule has 7 rings (SSSR count). The van der Waals surface area contributed by atoms with E-state index in [9.17, 15) is 22.8 Å². The number of aromatic nitrogens is 2. The predicted molar refractivity (Wildman–Crippen MR) is 140 cm³/mol. The van der Waals surface area contributed by atoms with E-state index in [1.807, 2.05) is 10.6 Å². The van der Waals surface area contributed by atoms with Gasteiger partial charge in [-0.1, -0.05) is 36.4 Å². The molecular weight excluding hydrogens is 489 g/mol. The molecule has 4 nitrogen and oxygen atoms in total. The average Bonchev–Trinajstić information content (AvgIpc) is 3.45. The van der Waals surface area contributed by atoms with Crippen molar-refractivity contribution in [2.45, 2.75) is 45.1 Å².